The summed E-state index contributed by atoms with van der Waals surface area (Å²) in [5.41, 5.74) is 5.35. The van der Waals surface area contributed by atoms with Crippen molar-refractivity contribution in [3.63, 3.8) is 0 Å². The SMILES string of the molecule is CCc1ccc(N2C(=O)c3ccccc3N[C@@H]2c2cccc(OCc3ccc(Cl)c(Cl)c3)c2)cc1. The van der Waals surface area contributed by atoms with Gasteiger partial charge in [0.05, 0.1) is 15.6 Å². The van der Waals surface area contributed by atoms with Crippen molar-refractivity contribution in [1.29, 1.82) is 0 Å². The number of para-hydroxylation sites is 1. The Morgan fingerprint density at radius 2 is 1.63 bits per heavy atom. The molecule has 176 valence electrons. The molecule has 1 amide bonds. The molecule has 0 radical (unpaired) electrons. The quantitative estimate of drug-likeness (QED) is 0.291. The number of amides is 1. The second-order valence-corrected chi connectivity index (χ2v) is 9.21. The van der Waals surface area contributed by atoms with Crippen LogP contribution >= 0.6 is 23.2 Å². The van der Waals surface area contributed by atoms with E-state index in [1.54, 1.807) is 17.0 Å². The number of hydrogen-bond donors (Lipinski definition) is 1. The Morgan fingerprint density at radius 1 is 0.857 bits per heavy atom. The minimum Gasteiger partial charge on any atom is -0.489 e. The number of halogens is 2. The van der Waals surface area contributed by atoms with Crippen LogP contribution in [0, 0.1) is 0 Å². The summed E-state index contributed by atoms with van der Waals surface area (Å²) >= 11 is 12.2. The molecule has 4 nitrogen and oxygen atoms in total. The monoisotopic (exact) mass is 502 g/mol. The molecule has 6 heteroatoms. The molecule has 4 aromatic carbocycles. The fourth-order valence-corrected chi connectivity index (χ4v) is 4.54. The first kappa shape index (κ1) is 23.3. The van der Waals surface area contributed by atoms with Crippen molar-refractivity contribution in [3.8, 4) is 5.75 Å². The molecule has 1 heterocycles. The van der Waals surface area contributed by atoms with Gasteiger partial charge in [-0.2, -0.15) is 0 Å². The minimum atomic E-state index is -0.390. The van der Waals surface area contributed by atoms with Crippen LogP contribution in [0.4, 0.5) is 11.4 Å². The summed E-state index contributed by atoms with van der Waals surface area (Å²) in [6, 6.07) is 29.0. The summed E-state index contributed by atoms with van der Waals surface area (Å²) in [5.74, 6) is 0.652. The maximum absolute atomic E-state index is 13.6. The number of nitrogens with zero attached hydrogens (tertiary/aromatic N) is 1. The molecule has 0 aromatic heterocycles. The first-order valence-electron chi connectivity index (χ1n) is 11.5. The lowest BCUT2D eigenvalue weighted by atomic mass is 10.0. The predicted octanol–water partition coefficient (Wildman–Crippen LogP) is 7.91. The summed E-state index contributed by atoms with van der Waals surface area (Å²) in [6.45, 7) is 2.47. The fraction of sp³-hybridized carbons (Fsp3) is 0.138. The summed E-state index contributed by atoms with van der Waals surface area (Å²) in [7, 11) is 0. The molecule has 0 saturated carbocycles. The van der Waals surface area contributed by atoms with Crippen LogP contribution in [-0.4, -0.2) is 5.91 Å². The number of fused-ring (bicyclic) bond motifs is 1. The van der Waals surface area contributed by atoms with E-state index in [1.165, 1.54) is 5.56 Å². The van der Waals surface area contributed by atoms with Gasteiger partial charge in [-0.25, -0.2) is 0 Å². The highest BCUT2D eigenvalue weighted by Crippen LogP contribution is 2.37. The van der Waals surface area contributed by atoms with Crippen LogP contribution in [0.2, 0.25) is 10.0 Å². The zero-order chi connectivity index (χ0) is 24.4. The second kappa shape index (κ2) is 10.0. The van der Waals surface area contributed by atoms with Gasteiger partial charge in [0.2, 0.25) is 0 Å². The third-order valence-corrected chi connectivity index (χ3v) is 6.85. The van der Waals surface area contributed by atoms with Crippen molar-refractivity contribution in [2.45, 2.75) is 26.1 Å². The lowest BCUT2D eigenvalue weighted by Gasteiger charge is -2.38. The van der Waals surface area contributed by atoms with Crippen LogP contribution in [0.3, 0.4) is 0 Å². The van der Waals surface area contributed by atoms with Crippen LogP contribution < -0.4 is 15.0 Å². The Labute approximate surface area is 215 Å². The van der Waals surface area contributed by atoms with Gasteiger partial charge in [0.15, 0.2) is 0 Å². The predicted molar refractivity (Wildman–Crippen MR) is 143 cm³/mol. The summed E-state index contributed by atoms with van der Waals surface area (Å²) in [4.78, 5) is 15.4. The van der Waals surface area contributed by atoms with Crippen LogP contribution in [-0.2, 0) is 13.0 Å². The number of hydrogen-bond acceptors (Lipinski definition) is 3. The van der Waals surface area contributed by atoms with Crippen LogP contribution in [0.5, 0.6) is 5.75 Å². The zero-order valence-electron chi connectivity index (χ0n) is 19.2. The number of rotatable bonds is 6. The number of carbonyl (C=O) groups excluding carboxylic acids is 1. The van der Waals surface area contributed by atoms with Gasteiger partial charge in [0, 0.05) is 11.4 Å². The van der Waals surface area contributed by atoms with E-state index in [-0.39, 0.29) is 5.91 Å². The maximum atomic E-state index is 13.6. The van der Waals surface area contributed by atoms with Crippen LogP contribution in [0.15, 0.2) is 91.0 Å². The minimum absolute atomic E-state index is 0.0456. The fourth-order valence-electron chi connectivity index (χ4n) is 4.22. The number of anilines is 2. The number of ether oxygens (including phenoxy) is 1. The average molecular weight is 503 g/mol. The Morgan fingerprint density at radius 3 is 2.40 bits per heavy atom. The topological polar surface area (TPSA) is 41.6 Å². The Hall–Kier alpha value is -3.47. The van der Waals surface area contributed by atoms with Crippen LogP contribution in [0.25, 0.3) is 0 Å². The summed E-state index contributed by atoms with van der Waals surface area (Å²) < 4.78 is 6.05. The Balaban J connectivity index is 1.47. The van der Waals surface area contributed by atoms with E-state index in [0.29, 0.717) is 28.0 Å². The second-order valence-electron chi connectivity index (χ2n) is 8.40. The number of carbonyl (C=O) groups is 1. The molecule has 0 saturated heterocycles. The molecule has 0 spiro atoms. The van der Waals surface area contributed by atoms with Crippen molar-refractivity contribution < 1.29 is 9.53 Å². The smallest absolute Gasteiger partial charge is 0.262 e. The van der Waals surface area contributed by atoms with Crippen molar-refractivity contribution in [2.75, 3.05) is 10.2 Å². The molecule has 5 rings (SSSR count). The third-order valence-electron chi connectivity index (χ3n) is 6.11. The summed E-state index contributed by atoms with van der Waals surface area (Å²) in [6.07, 6.45) is 0.551. The molecule has 1 atom stereocenters. The van der Waals surface area contributed by atoms with Gasteiger partial charge < -0.3 is 10.1 Å². The van der Waals surface area contributed by atoms with Crippen molar-refractivity contribution in [3.05, 3.63) is 123 Å². The van der Waals surface area contributed by atoms with E-state index in [1.807, 2.05) is 66.7 Å². The zero-order valence-corrected chi connectivity index (χ0v) is 20.7. The van der Waals surface area contributed by atoms with E-state index in [2.05, 4.69) is 24.4 Å². The third kappa shape index (κ3) is 4.86. The van der Waals surface area contributed by atoms with Gasteiger partial charge in [-0.1, -0.05) is 72.6 Å². The van der Waals surface area contributed by atoms with Gasteiger partial charge in [-0.05, 0) is 71.6 Å². The van der Waals surface area contributed by atoms with E-state index < -0.39 is 6.17 Å². The lowest BCUT2D eigenvalue weighted by molar-refractivity contribution is 0.0975. The maximum Gasteiger partial charge on any atom is 0.262 e. The van der Waals surface area contributed by atoms with E-state index in [4.69, 9.17) is 27.9 Å². The molecule has 0 fully saturated rings. The van der Waals surface area contributed by atoms with E-state index in [0.717, 1.165) is 28.9 Å². The number of aryl methyl sites for hydroxylation is 1. The number of benzene rings is 4. The highest BCUT2D eigenvalue weighted by Gasteiger charge is 2.34. The highest BCUT2D eigenvalue weighted by atomic mass is 35.5. The summed E-state index contributed by atoms with van der Waals surface area (Å²) in [5, 5.41) is 4.56. The Bertz CT molecular complexity index is 1370. The molecule has 1 N–H and O–H groups in total. The van der Waals surface area contributed by atoms with E-state index in [9.17, 15) is 4.79 Å². The first-order valence-corrected chi connectivity index (χ1v) is 12.2. The molecule has 0 aliphatic carbocycles. The molecule has 1 aliphatic heterocycles. The van der Waals surface area contributed by atoms with Crippen molar-refractivity contribution in [1.82, 2.24) is 0 Å². The Kier molecular flexibility index (Phi) is 6.67. The van der Waals surface area contributed by atoms with E-state index >= 15 is 0 Å². The standard InChI is InChI=1S/C29H24Cl2N2O2/c1-2-19-10-13-22(14-11-19)33-28(32-27-9-4-3-8-24(27)29(33)34)21-6-5-7-23(17-21)35-18-20-12-15-25(30)26(31)16-20/h3-17,28,32H,2,18H2,1H3/t28-/m0/s1. The largest absolute Gasteiger partial charge is 0.489 e. The van der Waals surface area contributed by atoms with Gasteiger partial charge >= 0.3 is 0 Å². The molecule has 0 bridgehead atoms. The molecular formula is C29H24Cl2N2O2. The average Bonchev–Trinajstić information content (AvgIpc) is 2.89. The van der Waals surface area contributed by atoms with Gasteiger partial charge in [-0.3, -0.25) is 9.69 Å². The molecule has 0 unspecified atom stereocenters. The van der Waals surface area contributed by atoms with Gasteiger partial charge in [-0.15, -0.1) is 0 Å². The molecular weight excluding hydrogens is 479 g/mol. The first-order chi connectivity index (χ1) is 17.0. The normalized spacial score (nSPS) is 14.9. The molecule has 4 aromatic rings. The lowest BCUT2D eigenvalue weighted by Crippen LogP contribution is -2.43. The van der Waals surface area contributed by atoms with Crippen molar-refractivity contribution in [2.24, 2.45) is 0 Å². The number of nitrogens with one attached hydrogen (secondary N) is 1. The van der Waals surface area contributed by atoms with Gasteiger partial charge in [0.25, 0.3) is 5.91 Å². The molecule has 1 aliphatic rings. The molecule has 35 heavy (non-hydrogen) atoms. The van der Waals surface area contributed by atoms with Gasteiger partial charge in [0.1, 0.15) is 18.5 Å². The van der Waals surface area contributed by atoms with Crippen molar-refractivity contribution >= 4 is 40.5 Å². The highest BCUT2D eigenvalue weighted by molar-refractivity contribution is 6.42. The van der Waals surface area contributed by atoms with Crippen LogP contribution in [0.1, 0.15) is 40.1 Å².